The minimum absolute atomic E-state index is 0.0176. The highest BCUT2D eigenvalue weighted by molar-refractivity contribution is 7.53. The maximum absolute atomic E-state index is 11.4. The van der Waals surface area contributed by atoms with E-state index in [9.17, 15) is 9.36 Å². The van der Waals surface area contributed by atoms with Crippen LogP contribution in [0.25, 0.3) is 0 Å². The molecule has 1 amide bonds. The summed E-state index contributed by atoms with van der Waals surface area (Å²) in [6, 6.07) is 0.0176. The summed E-state index contributed by atoms with van der Waals surface area (Å²) in [4.78, 5) is 30.6. The minimum Gasteiger partial charge on any atom is -0.339 e. The van der Waals surface area contributed by atoms with E-state index in [0.717, 1.165) is 0 Å². The Morgan fingerprint density at radius 2 is 2.08 bits per heavy atom. The molecule has 1 fully saturated rings. The predicted molar refractivity (Wildman–Crippen MR) is 47.3 cm³/mol. The molecule has 0 aliphatic carbocycles. The Bertz CT molecular complexity index is 259. The third-order valence-electron chi connectivity index (χ3n) is 2.24. The first kappa shape index (κ1) is 10.7. The third kappa shape index (κ3) is 2.10. The topological polar surface area (TPSA) is 77.8 Å². The zero-order chi connectivity index (χ0) is 10.2. The van der Waals surface area contributed by atoms with Crippen molar-refractivity contribution in [2.24, 2.45) is 0 Å². The first-order valence-corrected chi connectivity index (χ1v) is 5.88. The number of hydrogen-bond donors (Lipinski definition) is 2. The van der Waals surface area contributed by atoms with E-state index in [-0.39, 0.29) is 12.5 Å². The van der Waals surface area contributed by atoms with Crippen molar-refractivity contribution >= 4 is 13.5 Å². The van der Waals surface area contributed by atoms with Crippen LogP contribution in [0.5, 0.6) is 0 Å². The van der Waals surface area contributed by atoms with Gasteiger partial charge in [-0.3, -0.25) is 9.36 Å². The van der Waals surface area contributed by atoms with E-state index >= 15 is 0 Å². The molecule has 1 atom stereocenters. The number of carbonyl (C=O) groups is 1. The smallest absolute Gasteiger partial charge is 0.338 e. The van der Waals surface area contributed by atoms with Crippen LogP contribution in [0, 0.1) is 0 Å². The van der Waals surface area contributed by atoms with Crippen LogP contribution in [0.2, 0.25) is 0 Å². The molecule has 1 unspecified atom stereocenters. The van der Waals surface area contributed by atoms with Crippen LogP contribution in [0.1, 0.15) is 20.3 Å². The molecule has 76 valence electrons. The van der Waals surface area contributed by atoms with Crippen LogP contribution < -0.4 is 0 Å². The fraction of sp³-hybridized carbons (Fsp3) is 0.857. The van der Waals surface area contributed by atoms with Crippen molar-refractivity contribution in [3.05, 3.63) is 0 Å². The van der Waals surface area contributed by atoms with Gasteiger partial charge in [-0.2, -0.15) is 0 Å². The average Bonchev–Trinajstić information content (AvgIpc) is 2.28. The molecule has 0 bridgehead atoms. The lowest BCUT2D eigenvalue weighted by Gasteiger charge is -2.21. The summed E-state index contributed by atoms with van der Waals surface area (Å²) in [5, 5.41) is 0. The summed E-state index contributed by atoms with van der Waals surface area (Å²) in [6.07, 6.45) is 0.265. The maximum atomic E-state index is 11.4. The largest absolute Gasteiger partial charge is 0.339 e. The second kappa shape index (κ2) is 3.40. The fourth-order valence-corrected chi connectivity index (χ4v) is 2.40. The normalized spacial score (nSPS) is 24.5. The molecule has 13 heavy (non-hydrogen) atoms. The van der Waals surface area contributed by atoms with Crippen LogP contribution in [0.15, 0.2) is 0 Å². The molecule has 0 radical (unpaired) electrons. The number of rotatable bonds is 2. The van der Waals surface area contributed by atoms with Crippen molar-refractivity contribution in [2.45, 2.75) is 32.0 Å². The summed E-state index contributed by atoms with van der Waals surface area (Å²) in [6.45, 7) is 4.12. The number of carbonyl (C=O) groups excluding carboxylic acids is 1. The molecule has 5 nitrogen and oxygen atoms in total. The lowest BCUT2D eigenvalue weighted by atomic mass is 10.3. The molecule has 0 saturated carbocycles. The second-order valence-corrected chi connectivity index (χ2v) is 5.32. The van der Waals surface area contributed by atoms with Gasteiger partial charge in [0.2, 0.25) is 5.91 Å². The van der Waals surface area contributed by atoms with Gasteiger partial charge in [-0.25, -0.2) is 0 Å². The highest BCUT2D eigenvalue weighted by atomic mass is 31.2. The zero-order valence-electron chi connectivity index (χ0n) is 7.67. The van der Waals surface area contributed by atoms with Gasteiger partial charge in [0.05, 0.1) is 0 Å². The van der Waals surface area contributed by atoms with Gasteiger partial charge in [0.1, 0.15) is 5.66 Å². The van der Waals surface area contributed by atoms with Crippen LogP contribution >= 0.6 is 7.60 Å². The molecule has 1 aliphatic rings. The molecule has 0 aromatic carbocycles. The molecule has 0 aromatic heterocycles. The predicted octanol–water partition coefficient (Wildman–Crippen LogP) is 0.173. The Balaban J connectivity index is 2.77. The maximum Gasteiger partial charge on any atom is 0.338 e. The fourth-order valence-electron chi connectivity index (χ4n) is 1.51. The lowest BCUT2D eigenvalue weighted by Crippen LogP contribution is -2.34. The summed E-state index contributed by atoms with van der Waals surface area (Å²) in [5.74, 6) is -0.414. The summed E-state index contributed by atoms with van der Waals surface area (Å²) in [5.41, 5.74) is -1.10. The van der Waals surface area contributed by atoms with Crippen molar-refractivity contribution in [2.75, 3.05) is 6.54 Å². The standard InChI is InChI=1S/C7H14NO4P/c1-5(2)8-4-3-6(7(8)9)13(10,11)12/h5-6H,3-4H2,1-2H3,(H2,10,11,12). The van der Waals surface area contributed by atoms with E-state index in [1.54, 1.807) is 0 Å². The molecule has 1 heterocycles. The van der Waals surface area contributed by atoms with Gasteiger partial charge in [0, 0.05) is 12.6 Å². The van der Waals surface area contributed by atoms with Crippen molar-refractivity contribution in [3.8, 4) is 0 Å². The van der Waals surface area contributed by atoms with Crippen molar-refractivity contribution < 1.29 is 19.1 Å². The molecular weight excluding hydrogens is 193 g/mol. The first-order valence-electron chi connectivity index (χ1n) is 4.19. The van der Waals surface area contributed by atoms with Gasteiger partial charge in [0.15, 0.2) is 0 Å². The van der Waals surface area contributed by atoms with E-state index in [4.69, 9.17) is 9.79 Å². The Morgan fingerprint density at radius 1 is 1.54 bits per heavy atom. The van der Waals surface area contributed by atoms with E-state index in [1.807, 2.05) is 13.8 Å². The molecular formula is C7H14NO4P. The summed E-state index contributed by atoms with van der Waals surface area (Å²) >= 11 is 0. The van der Waals surface area contributed by atoms with E-state index in [1.165, 1.54) is 4.90 Å². The zero-order valence-corrected chi connectivity index (χ0v) is 8.57. The molecule has 1 saturated heterocycles. The van der Waals surface area contributed by atoms with Gasteiger partial charge >= 0.3 is 7.60 Å². The molecule has 0 aromatic rings. The summed E-state index contributed by atoms with van der Waals surface area (Å²) in [7, 11) is -4.24. The second-order valence-electron chi connectivity index (χ2n) is 3.52. The summed E-state index contributed by atoms with van der Waals surface area (Å²) < 4.78 is 10.9. The highest BCUT2D eigenvalue weighted by Gasteiger charge is 2.43. The minimum atomic E-state index is -4.24. The van der Waals surface area contributed by atoms with Crippen LogP contribution in [-0.4, -0.2) is 38.8 Å². The van der Waals surface area contributed by atoms with Gasteiger partial charge in [-0.1, -0.05) is 0 Å². The quantitative estimate of drug-likeness (QED) is 0.633. The van der Waals surface area contributed by atoms with Crippen molar-refractivity contribution in [3.63, 3.8) is 0 Å². The monoisotopic (exact) mass is 207 g/mol. The van der Waals surface area contributed by atoms with Gasteiger partial charge in [-0.15, -0.1) is 0 Å². The molecule has 1 aliphatic heterocycles. The first-order chi connectivity index (χ1) is 5.84. The SMILES string of the molecule is CC(C)N1CCC(P(=O)(O)O)C1=O. The van der Waals surface area contributed by atoms with E-state index in [0.29, 0.717) is 6.54 Å². The highest BCUT2D eigenvalue weighted by Crippen LogP contribution is 2.46. The van der Waals surface area contributed by atoms with E-state index in [2.05, 4.69) is 0 Å². The lowest BCUT2D eigenvalue weighted by molar-refractivity contribution is -0.129. The van der Waals surface area contributed by atoms with Gasteiger partial charge in [0.25, 0.3) is 0 Å². The Hall–Kier alpha value is -0.380. The molecule has 0 spiro atoms. The van der Waals surface area contributed by atoms with Crippen molar-refractivity contribution in [1.29, 1.82) is 0 Å². The average molecular weight is 207 g/mol. The van der Waals surface area contributed by atoms with Crippen LogP contribution in [0.4, 0.5) is 0 Å². The Morgan fingerprint density at radius 3 is 2.31 bits per heavy atom. The van der Waals surface area contributed by atoms with E-state index < -0.39 is 19.2 Å². The van der Waals surface area contributed by atoms with Crippen molar-refractivity contribution in [1.82, 2.24) is 4.90 Å². The number of likely N-dealkylation sites (tertiary alicyclic amines) is 1. The van der Waals surface area contributed by atoms with Crippen LogP contribution in [-0.2, 0) is 9.36 Å². The number of amides is 1. The molecule has 1 rings (SSSR count). The molecule has 2 N–H and O–H groups in total. The van der Waals surface area contributed by atoms with Crippen LogP contribution in [0.3, 0.4) is 0 Å². The number of hydrogen-bond acceptors (Lipinski definition) is 2. The number of nitrogens with zero attached hydrogens (tertiary/aromatic N) is 1. The molecule has 6 heteroatoms. The van der Waals surface area contributed by atoms with Gasteiger partial charge < -0.3 is 14.7 Å². The Kier molecular flexibility index (Phi) is 2.80. The third-order valence-corrected chi connectivity index (χ3v) is 3.53. The van der Waals surface area contributed by atoms with Gasteiger partial charge in [-0.05, 0) is 20.3 Å². The Labute approximate surface area is 76.9 Å².